The van der Waals surface area contributed by atoms with Crippen LogP contribution in [0, 0.1) is 0 Å². The predicted molar refractivity (Wildman–Crippen MR) is 144 cm³/mol. The number of hydrogen-bond donors (Lipinski definition) is 1. The van der Waals surface area contributed by atoms with Gasteiger partial charge in [-0.25, -0.2) is 4.98 Å². The average Bonchev–Trinajstić information content (AvgIpc) is 3.69. The Morgan fingerprint density at radius 1 is 1.10 bits per heavy atom. The number of carbonyl (C=O) groups excluding carboxylic acids is 2. The number of benzene rings is 1. The number of nitrogens with zero attached hydrogens (tertiary/aromatic N) is 4. The fourth-order valence-corrected chi connectivity index (χ4v) is 5.90. The summed E-state index contributed by atoms with van der Waals surface area (Å²) in [5.41, 5.74) is -0.541. The van der Waals surface area contributed by atoms with E-state index in [1.54, 1.807) is 17.3 Å². The van der Waals surface area contributed by atoms with Gasteiger partial charge in [0.05, 0.1) is 23.0 Å². The highest BCUT2D eigenvalue weighted by molar-refractivity contribution is 5.98. The summed E-state index contributed by atoms with van der Waals surface area (Å²) >= 11 is 0. The van der Waals surface area contributed by atoms with Gasteiger partial charge in [-0.2, -0.15) is 13.2 Å². The van der Waals surface area contributed by atoms with Gasteiger partial charge < -0.3 is 14.4 Å². The number of oxazole rings is 1. The van der Waals surface area contributed by atoms with Gasteiger partial charge in [0.25, 0.3) is 0 Å². The minimum Gasteiger partial charge on any atom is -0.444 e. The number of hydrogen-bond acceptors (Lipinski definition) is 7. The molecule has 1 amide bonds. The van der Waals surface area contributed by atoms with E-state index in [2.05, 4.69) is 14.9 Å². The Hall–Kier alpha value is -3.57. The van der Waals surface area contributed by atoms with Crippen LogP contribution >= 0.6 is 0 Å². The number of ketones is 1. The molecule has 218 valence electrons. The molecule has 3 heterocycles. The van der Waals surface area contributed by atoms with Crippen LogP contribution in [-0.4, -0.2) is 68.8 Å². The molecule has 1 saturated heterocycles. The fourth-order valence-electron chi connectivity index (χ4n) is 5.90. The van der Waals surface area contributed by atoms with E-state index in [4.69, 9.17) is 4.42 Å². The SMILES string of the molecule is CN(C1CCC(O)(c2ccc(-c3ncco3)cn2)CC1)C1CCN(C(=O)CCC(=O)c2cccc(C(F)(F)F)c2)C1. The van der Waals surface area contributed by atoms with Crippen LogP contribution in [0.2, 0.25) is 0 Å². The lowest BCUT2D eigenvalue weighted by molar-refractivity contribution is -0.137. The maximum atomic E-state index is 13.0. The van der Waals surface area contributed by atoms with Crippen molar-refractivity contribution in [1.82, 2.24) is 19.8 Å². The lowest BCUT2D eigenvalue weighted by Gasteiger charge is -2.41. The van der Waals surface area contributed by atoms with Gasteiger partial charge >= 0.3 is 6.18 Å². The highest BCUT2D eigenvalue weighted by atomic mass is 19.4. The van der Waals surface area contributed by atoms with Crippen molar-refractivity contribution in [2.24, 2.45) is 0 Å². The molecule has 3 aromatic rings. The number of rotatable bonds is 8. The van der Waals surface area contributed by atoms with Gasteiger partial charge in [0.2, 0.25) is 11.8 Å². The van der Waals surface area contributed by atoms with Crippen LogP contribution in [0.4, 0.5) is 13.2 Å². The third-order valence-electron chi connectivity index (χ3n) is 8.45. The Labute approximate surface area is 236 Å². The number of halogens is 3. The van der Waals surface area contributed by atoms with Gasteiger partial charge in [0, 0.05) is 49.8 Å². The Bertz CT molecular complexity index is 1350. The van der Waals surface area contributed by atoms with E-state index in [1.807, 2.05) is 19.2 Å². The summed E-state index contributed by atoms with van der Waals surface area (Å²) < 4.78 is 44.2. The van der Waals surface area contributed by atoms with E-state index in [9.17, 15) is 27.9 Å². The summed E-state index contributed by atoms with van der Waals surface area (Å²) in [4.78, 5) is 37.9. The molecule has 1 aromatic carbocycles. The summed E-state index contributed by atoms with van der Waals surface area (Å²) in [6.07, 6.45) is 3.54. The van der Waals surface area contributed by atoms with Gasteiger partial charge in [0.1, 0.15) is 11.9 Å². The van der Waals surface area contributed by atoms with Crippen molar-refractivity contribution in [1.29, 1.82) is 0 Å². The van der Waals surface area contributed by atoms with E-state index >= 15 is 0 Å². The van der Waals surface area contributed by atoms with Gasteiger partial charge in [0.15, 0.2) is 5.78 Å². The highest BCUT2D eigenvalue weighted by Crippen LogP contribution is 2.39. The first kappa shape index (κ1) is 28.9. The Balaban J connectivity index is 1.09. The van der Waals surface area contributed by atoms with Crippen molar-refractivity contribution in [2.75, 3.05) is 20.1 Å². The predicted octanol–water partition coefficient (Wildman–Crippen LogP) is 5.08. The largest absolute Gasteiger partial charge is 0.444 e. The second-order valence-electron chi connectivity index (χ2n) is 11.0. The zero-order chi connectivity index (χ0) is 29.2. The van der Waals surface area contributed by atoms with Crippen LogP contribution in [0.3, 0.4) is 0 Å². The van der Waals surface area contributed by atoms with Crippen molar-refractivity contribution in [2.45, 2.75) is 68.8 Å². The van der Waals surface area contributed by atoms with Gasteiger partial charge in [-0.3, -0.25) is 19.5 Å². The molecule has 2 aliphatic rings. The van der Waals surface area contributed by atoms with Gasteiger partial charge in [-0.1, -0.05) is 12.1 Å². The van der Waals surface area contributed by atoms with E-state index < -0.39 is 23.1 Å². The second kappa shape index (κ2) is 11.7. The number of carbonyl (C=O) groups is 2. The fraction of sp³-hybridized carbons (Fsp3) is 0.467. The molecule has 2 fully saturated rings. The van der Waals surface area contributed by atoms with E-state index in [1.165, 1.54) is 18.4 Å². The van der Waals surface area contributed by atoms with Crippen molar-refractivity contribution >= 4 is 11.7 Å². The molecule has 1 N–H and O–H groups in total. The molecule has 2 aromatic heterocycles. The topological polar surface area (TPSA) is 99.8 Å². The molecular weight excluding hydrogens is 537 g/mol. The summed E-state index contributed by atoms with van der Waals surface area (Å²) in [6.45, 7) is 1.11. The molecule has 1 aliphatic heterocycles. The highest BCUT2D eigenvalue weighted by Gasteiger charge is 2.40. The maximum Gasteiger partial charge on any atom is 0.416 e. The summed E-state index contributed by atoms with van der Waals surface area (Å²) in [5, 5.41) is 11.3. The average molecular weight is 571 g/mol. The third-order valence-corrected chi connectivity index (χ3v) is 8.45. The molecule has 0 spiro atoms. The zero-order valence-corrected chi connectivity index (χ0v) is 22.8. The van der Waals surface area contributed by atoms with Crippen molar-refractivity contribution in [3.8, 4) is 11.5 Å². The number of likely N-dealkylation sites (tertiary alicyclic amines) is 1. The number of likely N-dealkylation sites (N-methyl/N-ethyl adjacent to an activating group) is 1. The molecule has 0 bridgehead atoms. The molecule has 11 heteroatoms. The Morgan fingerprint density at radius 2 is 1.88 bits per heavy atom. The number of aromatic nitrogens is 2. The first-order chi connectivity index (χ1) is 19.5. The lowest BCUT2D eigenvalue weighted by Crippen LogP contribution is -2.46. The zero-order valence-electron chi connectivity index (χ0n) is 22.8. The first-order valence-corrected chi connectivity index (χ1v) is 13.8. The number of pyridine rings is 1. The standard InChI is InChI=1S/C30H33F3N4O4/c1-36(23-9-12-29(40,13-10-23)26-7-5-21(18-35-26)28-34-14-16-41-28)24-11-15-37(19-24)27(39)8-6-25(38)20-3-2-4-22(17-20)30(31,32)33/h2-5,7,14,16-18,23-24,40H,6,8-13,15,19H2,1H3. The molecular formula is C30H33F3N4O4. The van der Waals surface area contributed by atoms with Crippen LogP contribution in [0.5, 0.6) is 0 Å². The van der Waals surface area contributed by atoms with E-state index in [0.717, 1.165) is 37.0 Å². The number of aliphatic hydroxyl groups is 1. The Kier molecular flexibility index (Phi) is 8.28. The monoisotopic (exact) mass is 570 g/mol. The van der Waals surface area contributed by atoms with Crippen LogP contribution < -0.4 is 0 Å². The molecule has 0 radical (unpaired) electrons. The van der Waals surface area contributed by atoms with Crippen LogP contribution in [0.15, 0.2) is 59.5 Å². The number of amides is 1. The molecule has 1 aliphatic carbocycles. The van der Waals surface area contributed by atoms with E-state index in [0.29, 0.717) is 37.5 Å². The van der Waals surface area contributed by atoms with Crippen LogP contribution in [0.25, 0.3) is 11.5 Å². The van der Waals surface area contributed by atoms with Crippen LogP contribution in [-0.2, 0) is 16.6 Å². The van der Waals surface area contributed by atoms with Crippen molar-refractivity contribution in [3.05, 3.63) is 71.9 Å². The minimum atomic E-state index is -4.53. The third kappa shape index (κ3) is 6.51. The minimum absolute atomic E-state index is 0.0374. The normalized spacial score (nSPS) is 23.2. The van der Waals surface area contributed by atoms with Crippen molar-refractivity contribution < 1.29 is 32.3 Å². The number of Topliss-reactive ketones (excluding diaryl/α,β-unsaturated/α-hetero) is 1. The quantitative estimate of drug-likeness (QED) is 0.377. The number of alkyl halides is 3. The summed E-state index contributed by atoms with van der Waals surface area (Å²) in [6, 6.07) is 8.39. The van der Waals surface area contributed by atoms with Gasteiger partial charge in [-0.15, -0.1) is 0 Å². The smallest absolute Gasteiger partial charge is 0.416 e. The lowest BCUT2D eigenvalue weighted by atomic mass is 9.79. The molecule has 41 heavy (non-hydrogen) atoms. The van der Waals surface area contributed by atoms with Gasteiger partial charge in [-0.05, 0) is 63.4 Å². The summed E-state index contributed by atoms with van der Waals surface area (Å²) in [5.74, 6) is -0.167. The first-order valence-electron chi connectivity index (χ1n) is 13.8. The molecule has 1 saturated carbocycles. The van der Waals surface area contributed by atoms with E-state index in [-0.39, 0.29) is 36.4 Å². The van der Waals surface area contributed by atoms with Crippen LogP contribution in [0.1, 0.15) is 66.6 Å². The molecule has 1 atom stereocenters. The van der Waals surface area contributed by atoms with Crippen molar-refractivity contribution in [3.63, 3.8) is 0 Å². The second-order valence-corrected chi connectivity index (χ2v) is 11.0. The summed E-state index contributed by atoms with van der Waals surface area (Å²) in [7, 11) is 2.05. The molecule has 1 unspecified atom stereocenters. The Morgan fingerprint density at radius 3 is 2.54 bits per heavy atom. The molecule has 5 rings (SSSR count). The molecule has 8 nitrogen and oxygen atoms in total. The maximum absolute atomic E-state index is 13.0.